The Morgan fingerprint density at radius 1 is 1.17 bits per heavy atom. The van der Waals surface area contributed by atoms with Crippen LogP contribution in [0, 0.1) is 5.82 Å². The number of imide groups is 1. The van der Waals surface area contributed by atoms with Crippen molar-refractivity contribution in [2.45, 2.75) is 31.8 Å². The minimum atomic E-state index is -1.50. The van der Waals surface area contributed by atoms with Crippen molar-refractivity contribution in [2.24, 2.45) is 0 Å². The molecule has 1 heterocycles. The Labute approximate surface area is 174 Å². The molecule has 0 aromatic heterocycles. The molecule has 0 saturated carbocycles. The van der Waals surface area contributed by atoms with E-state index in [4.69, 9.17) is 4.74 Å². The highest BCUT2D eigenvalue weighted by molar-refractivity contribution is 6.07. The molecule has 2 aromatic carbocycles. The third kappa shape index (κ3) is 4.76. The number of hydrogen-bond acceptors (Lipinski definition) is 4. The number of rotatable bonds is 10. The van der Waals surface area contributed by atoms with Gasteiger partial charge in [0.2, 0.25) is 6.41 Å². The fourth-order valence-corrected chi connectivity index (χ4v) is 3.37. The van der Waals surface area contributed by atoms with Crippen molar-refractivity contribution >= 4 is 18.3 Å². The number of carbonyl (C=O) groups is 3. The molecule has 30 heavy (non-hydrogen) atoms. The normalized spacial score (nSPS) is 17.9. The van der Waals surface area contributed by atoms with E-state index in [1.807, 2.05) is 24.3 Å². The van der Waals surface area contributed by atoms with E-state index in [2.05, 4.69) is 17.6 Å². The van der Waals surface area contributed by atoms with Gasteiger partial charge in [-0.05, 0) is 41.8 Å². The molecule has 0 spiro atoms. The summed E-state index contributed by atoms with van der Waals surface area (Å²) in [6, 6.07) is 12.0. The van der Waals surface area contributed by atoms with E-state index in [9.17, 15) is 18.8 Å². The number of benzene rings is 2. The van der Waals surface area contributed by atoms with Crippen LogP contribution in [-0.4, -0.2) is 36.4 Å². The maximum Gasteiger partial charge on any atom is 0.322 e. The number of nitrogens with zero attached hydrogens (tertiary/aromatic N) is 1. The number of amides is 4. The summed E-state index contributed by atoms with van der Waals surface area (Å²) in [6.45, 7) is 2.79. The monoisotopic (exact) mass is 413 g/mol. The van der Waals surface area contributed by atoms with Crippen LogP contribution in [0.4, 0.5) is 9.18 Å². The van der Waals surface area contributed by atoms with Crippen molar-refractivity contribution in [1.29, 1.82) is 0 Å². The van der Waals surface area contributed by atoms with Gasteiger partial charge in [-0.2, -0.15) is 0 Å². The van der Waals surface area contributed by atoms with Gasteiger partial charge in [-0.25, -0.2) is 9.18 Å². The largest absolute Gasteiger partial charge is 0.494 e. The number of carbonyl (C=O) groups excluding carboxylic acids is 3. The third-order valence-corrected chi connectivity index (χ3v) is 4.92. The minimum Gasteiger partial charge on any atom is -0.494 e. The average Bonchev–Trinajstić information content (AvgIpc) is 3.02. The molecule has 2 aromatic rings. The molecule has 2 N–H and O–H groups in total. The van der Waals surface area contributed by atoms with Gasteiger partial charge in [0, 0.05) is 6.54 Å². The van der Waals surface area contributed by atoms with Gasteiger partial charge in [-0.1, -0.05) is 37.6 Å². The lowest BCUT2D eigenvalue weighted by molar-refractivity contribution is -0.127. The predicted molar refractivity (Wildman–Crippen MR) is 108 cm³/mol. The topological polar surface area (TPSA) is 87.7 Å². The summed E-state index contributed by atoms with van der Waals surface area (Å²) in [6.07, 6.45) is 2.59. The number of nitrogens with one attached hydrogen (secondary N) is 2. The average molecular weight is 413 g/mol. The van der Waals surface area contributed by atoms with Gasteiger partial charge in [0.1, 0.15) is 11.6 Å². The zero-order valence-corrected chi connectivity index (χ0v) is 16.7. The number of hydrogen-bond donors (Lipinski definition) is 2. The Kier molecular flexibility index (Phi) is 6.66. The fourth-order valence-electron chi connectivity index (χ4n) is 3.37. The maximum atomic E-state index is 13.4. The van der Waals surface area contributed by atoms with Crippen molar-refractivity contribution in [3.05, 3.63) is 65.5 Å². The zero-order valence-electron chi connectivity index (χ0n) is 16.7. The van der Waals surface area contributed by atoms with Gasteiger partial charge >= 0.3 is 6.03 Å². The number of unbranched alkanes of at least 4 members (excludes halogenated alkanes) is 1. The first-order valence-electron chi connectivity index (χ1n) is 9.77. The molecule has 1 fully saturated rings. The van der Waals surface area contributed by atoms with E-state index in [0.29, 0.717) is 24.3 Å². The molecule has 1 aliphatic rings. The Bertz CT molecular complexity index is 919. The lowest BCUT2D eigenvalue weighted by Gasteiger charge is -2.31. The smallest absolute Gasteiger partial charge is 0.322 e. The van der Waals surface area contributed by atoms with Crippen LogP contribution in [0.15, 0.2) is 48.5 Å². The highest BCUT2D eigenvalue weighted by Gasteiger charge is 2.48. The Morgan fingerprint density at radius 2 is 1.93 bits per heavy atom. The summed E-state index contributed by atoms with van der Waals surface area (Å²) >= 11 is 0. The standard InChI is InChI=1S/C22H24FN3O4/c1-2-3-11-30-19-6-4-5-16(12-19)13-26(15-27)14-22(20(28)24-21(29)25-22)17-7-9-18(23)10-8-17/h4-10,12,15H,2-3,11,13-14H2,1H3,(H2,24,25,28,29). The molecular weight excluding hydrogens is 389 g/mol. The molecular formula is C22H24FN3O4. The summed E-state index contributed by atoms with van der Waals surface area (Å²) in [5.41, 5.74) is -0.299. The van der Waals surface area contributed by atoms with Crippen LogP contribution in [0.1, 0.15) is 30.9 Å². The first-order chi connectivity index (χ1) is 14.5. The highest BCUT2D eigenvalue weighted by Crippen LogP contribution is 2.27. The Morgan fingerprint density at radius 3 is 2.57 bits per heavy atom. The van der Waals surface area contributed by atoms with E-state index >= 15 is 0 Å². The van der Waals surface area contributed by atoms with Crippen LogP contribution < -0.4 is 15.4 Å². The molecule has 1 unspecified atom stereocenters. The quantitative estimate of drug-likeness (QED) is 0.356. The van der Waals surface area contributed by atoms with Crippen LogP contribution in [0.5, 0.6) is 5.75 Å². The van der Waals surface area contributed by atoms with E-state index in [0.717, 1.165) is 18.4 Å². The van der Waals surface area contributed by atoms with Crippen LogP contribution in [-0.2, 0) is 21.7 Å². The Hall–Kier alpha value is -3.42. The lowest BCUT2D eigenvalue weighted by Crippen LogP contribution is -2.52. The summed E-state index contributed by atoms with van der Waals surface area (Å²) in [5.74, 6) is -0.361. The van der Waals surface area contributed by atoms with Gasteiger partial charge in [-0.15, -0.1) is 0 Å². The number of ether oxygens (including phenoxy) is 1. The van der Waals surface area contributed by atoms with Crippen molar-refractivity contribution in [1.82, 2.24) is 15.5 Å². The van der Waals surface area contributed by atoms with Gasteiger partial charge in [-0.3, -0.25) is 14.9 Å². The fraction of sp³-hybridized carbons (Fsp3) is 0.318. The van der Waals surface area contributed by atoms with E-state index < -0.39 is 23.3 Å². The Balaban J connectivity index is 1.81. The molecule has 4 amide bonds. The number of halogens is 1. The van der Waals surface area contributed by atoms with Gasteiger partial charge in [0.25, 0.3) is 5.91 Å². The zero-order chi connectivity index (χ0) is 21.6. The van der Waals surface area contributed by atoms with E-state index in [1.165, 1.54) is 29.2 Å². The molecule has 1 aliphatic heterocycles. The summed E-state index contributed by atoms with van der Waals surface area (Å²) in [4.78, 5) is 37.7. The predicted octanol–water partition coefficient (Wildman–Crippen LogP) is 2.70. The van der Waals surface area contributed by atoms with Crippen molar-refractivity contribution in [3.8, 4) is 5.75 Å². The van der Waals surface area contributed by atoms with Crippen LogP contribution in [0.2, 0.25) is 0 Å². The molecule has 0 bridgehead atoms. The summed E-state index contributed by atoms with van der Waals surface area (Å²) in [5, 5.41) is 4.81. The second kappa shape index (κ2) is 9.39. The molecule has 1 atom stereocenters. The minimum absolute atomic E-state index is 0.110. The molecule has 0 aliphatic carbocycles. The molecule has 7 nitrogen and oxygen atoms in total. The van der Waals surface area contributed by atoms with Crippen LogP contribution >= 0.6 is 0 Å². The van der Waals surface area contributed by atoms with Gasteiger partial charge in [0.05, 0.1) is 13.2 Å². The number of urea groups is 1. The molecule has 158 valence electrons. The van der Waals surface area contributed by atoms with Crippen molar-refractivity contribution < 1.29 is 23.5 Å². The van der Waals surface area contributed by atoms with Crippen molar-refractivity contribution in [3.63, 3.8) is 0 Å². The summed E-state index contributed by atoms with van der Waals surface area (Å²) < 4.78 is 19.1. The highest BCUT2D eigenvalue weighted by atomic mass is 19.1. The third-order valence-electron chi connectivity index (χ3n) is 4.92. The SMILES string of the molecule is CCCCOc1cccc(CN(C=O)CC2(c3ccc(F)cc3)NC(=O)NC2=O)c1. The summed E-state index contributed by atoms with van der Waals surface area (Å²) in [7, 11) is 0. The van der Waals surface area contributed by atoms with Crippen molar-refractivity contribution in [2.75, 3.05) is 13.2 Å². The first-order valence-corrected chi connectivity index (χ1v) is 9.77. The lowest BCUT2D eigenvalue weighted by atomic mass is 9.89. The van der Waals surface area contributed by atoms with Crippen LogP contribution in [0.3, 0.4) is 0 Å². The molecule has 8 heteroatoms. The van der Waals surface area contributed by atoms with E-state index in [1.54, 1.807) is 0 Å². The molecule has 1 saturated heterocycles. The first kappa shape index (κ1) is 21.3. The molecule has 3 rings (SSSR count). The maximum absolute atomic E-state index is 13.4. The molecule has 0 radical (unpaired) electrons. The van der Waals surface area contributed by atoms with Gasteiger partial charge in [0.15, 0.2) is 5.54 Å². The van der Waals surface area contributed by atoms with Gasteiger partial charge < -0.3 is 15.0 Å². The van der Waals surface area contributed by atoms with Crippen LogP contribution in [0.25, 0.3) is 0 Å². The second-order valence-corrected chi connectivity index (χ2v) is 7.18. The van der Waals surface area contributed by atoms with E-state index in [-0.39, 0.29) is 13.1 Å². The second-order valence-electron chi connectivity index (χ2n) is 7.18.